The summed E-state index contributed by atoms with van der Waals surface area (Å²) >= 11 is 0. The van der Waals surface area contributed by atoms with Gasteiger partial charge in [0.25, 0.3) is 0 Å². The molecule has 0 aliphatic carbocycles. The number of anilines is 1. The third-order valence-corrected chi connectivity index (χ3v) is 2.99. The van der Waals surface area contributed by atoms with Crippen LogP contribution in [-0.4, -0.2) is 23.3 Å². The number of carbonyl (C=O) groups is 2. The van der Waals surface area contributed by atoms with E-state index in [2.05, 4.69) is 0 Å². The zero-order valence-electron chi connectivity index (χ0n) is 9.69. The molecule has 1 aromatic carbocycles. The number of imide groups is 1. The molecule has 1 heterocycles. The number of hydrogen-bond donors (Lipinski definition) is 1. The maximum Gasteiger partial charge on any atom is 0.230 e. The van der Waals surface area contributed by atoms with E-state index in [1.54, 1.807) is 0 Å². The molecule has 1 saturated heterocycles. The average molecular weight is 232 g/mol. The van der Waals surface area contributed by atoms with Crippen LogP contribution in [0, 0.1) is 0 Å². The van der Waals surface area contributed by atoms with Crippen molar-refractivity contribution in [1.82, 2.24) is 4.90 Å². The van der Waals surface area contributed by atoms with Crippen LogP contribution < -0.4 is 5.73 Å². The molecule has 1 fully saturated rings. The number of likely N-dealkylation sites (tertiary alicyclic amines) is 1. The number of hydrogen-bond acceptors (Lipinski definition) is 3. The molecule has 1 aliphatic rings. The summed E-state index contributed by atoms with van der Waals surface area (Å²) in [5.74, 6) is -0.0841. The summed E-state index contributed by atoms with van der Waals surface area (Å²) in [4.78, 5) is 23.9. The lowest BCUT2D eigenvalue weighted by atomic mass is 10.1. The van der Waals surface area contributed by atoms with Gasteiger partial charge in [0.1, 0.15) is 0 Å². The third-order valence-electron chi connectivity index (χ3n) is 2.99. The number of β-lactam (4-membered cyclic amide) rings is 1. The van der Waals surface area contributed by atoms with Crippen molar-refractivity contribution in [2.45, 2.75) is 25.7 Å². The number of aryl methyl sites for hydroxylation is 1. The van der Waals surface area contributed by atoms with Gasteiger partial charge in [-0.05, 0) is 30.5 Å². The van der Waals surface area contributed by atoms with E-state index in [0.29, 0.717) is 19.4 Å². The van der Waals surface area contributed by atoms with Crippen molar-refractivity contribution in [3.05, 3.63) is 29.8 Å². The molecule has 1 aromatic rings. The Morgan fingerprint density at radius 2 is 2.00 bits per heavy atom. The molecule has 0 saturated carbocycles. The first kappa shape index (κ1) is 11.6. The Bertz CT molecular complexity index is 426. The Morgan fingerprint density at radius 3 is 2.53 bits per heavy atom. The minimum atomic E-state index is -0.0447. The number of amides is 2. The highest BCUT2D eigenvalue weighted by atomic mass is 16.2. The van der Waals surface area contributed by atoms with Crippen molar-refractivity contribution in [3.63, 3.8) is 0 Å². The van der Waals surface area contributed by atoms with Gasteiger partial charge >= 0.3 is 0 Å². The van der Waals surface area contributed by atoms with Gasteiger partial charge in [0.2, 0.25) is 11.8 Å². The molecule has 90 valence electrons. The molecule has 4 nitrogen and oxygen atoms in total. The topological polar surface area (TPSA) is 63.4 Å². The van der Waals surface area contributed by atoms with Crippen molar-refractivity contribution in [3.8, 4) is 0 Å². The van der Waals surface area contributed by atoms with Gasteiger partial charge in [-0.3, -0.25) is 14.5 Å². The molecule has 4 heteroatoms. The Balaban J connectivity index is 1.74. The van der Waals surface area contributed by atoms with Gasteiger partial charge < -0.3 is 5.73 Å². The van der Waals surface area contributed by atoms with Gasteiger partial charge in [-0.15, -0.1) is 0 Å². The fraction of sp³-hybridized carbons (Fsp3) is 0.385. The number of nitrogens with two attached hydrogens (primary N) is 1. The van der Waals surface area contributed by atoms with Crippen LogP contribution in [-0.2, 0) is 16.0 Å². The van der Waals surface area contributed by atoms with E-state index < -0.39 is 0 Å². The number of rotatable bonds is 4. The summed E-state index contributed by atoms with van der Waals surface area (Å²) in [6, 6.07) is 7.65. The quantitative estimate of drug-likeness (QED) is 0.629. The van der Waals surface area contributed by atoms with Crippen LogP contribution in [0.1, 0.15) is 24.8 Å². The van der Waals surface area contributed by atoms with Crippen LogP contribution in [0.5, 0.6) is 0 Å². The van der Waals surface area contributed by atoms with Crippen molar-refractivity contribution in [2.24, 2.45) is 0 Å². The first-order chi connectivity index (χ1) is 8.16. The minimum Gasteiger partial charge on any atom is -0.399 e. The Kier molecular flexibility index (Phi) is 3.42. The summed E-state index contributed by atoms with van der Waals surface area (Å²) in [7, 11) is 0. The summed E-state index contributed by atoms with van der Waals surface area (Å²) in [6.07, 6.45) is 2.57. The second-order valence-electron chi connectivity index (χ2n) is 4.28. The average Bonchev–Trinajstić information content (AvgIpc) is 2.30. The number of nitrogen functional groups attached to an aromatic ring is 1. The maximum absolute atomic E-state index is 11.6. The largest absolute Gasteiger partial charge is 0.399 e. The van der Waals surface area contributed by atoms with Gasteiger partial charge in [0.05, 0.1) is 0 Å². The summed E-state index contributed by atoms with van der Waals surface area (Å²) in [5.41, 5.74) is 7.50. The maximum atomic E-state index is 11.6. The standard InChI is InChI=1S/C13H16N2O2/c14-11-6-4-10(5-7-11)2-1-3-12(16)15-9-8-13(15)17/h4-7H,1-3,8-9,14H2. The van der Waals surface area contributed by atoms with Crippen LogP contribution in [0.3, 0.4) is 0 Å². The van der Waals surface area contributed by atoms with Gasteiger partial charge in [0.15, 0.2) is 0 Å². The van der Waals surface area contributed by atoms with Crippen molar-refractivity contribution < 1.29 is 9.59 Å². The summed E-state index contributed by atoms with van der Waals surface area (Å²) < 4.78 is 0. The van der Waals surface area contributed by atoms with Crippen LogP contribution in [0.4, 0.5) is 5.69 Å². The summed E-state index contributed by atoms with van der Waals surface area (Å²) in [5, 5.41) is 0. The molecule has 2 rings (SSSR count). The fourth-order valence-electron chi connectivity index (χ4n) is 1.84. The normalized spacial score (nSPS) is 14.6. The Hall–Kier alpha value is -1.84. The highest BCUT2D eigenvalue weighted by molar-refractivity contribution is 5.99. The Morgan fingerprint density at radius 1 is 1.29 bits per heavy atom. The molecular formula is C13H16N2O2. The first-order valence-corrected chi connectivity index (χ1v) is 5.84. The molecule has 1 aliphatic heterocycles. The minimum absolute atomic E-state index is 0.0394. The number of nitrogens with zero attached hydrogens (tertiary/aromatic N) is 1. The van der Waals surface area contributed by atoms with E-state index in [1.165, 1.54) is 10.5 Å². The Labute approximate surface area is 100 Å². The third kappa shape index (κ3) is 2.84. The van der Waals surface area contributed by atoms with Gasteiger partial charge in [-0.25, -0.2) is 0 Å². The molecule has 0 unspecified atom stereocenters. The van der Waals surface area contributed by atoms with Crippen LogP contribution in [0.2, 0.25) is 0 Å². The lowest BCUT2D eigenvalue weighted by molar-refractivity contribution is -0.152. The van der Waals surface area contributed by atoms with E-state index in [0.717, 1.165) is 18.5 Å². The van der Waals surface area contributed by atoms with Crippen molar-refractivity contribution >= 4 is 17.5 Å². The summed E-state index contributed by atoms with van der Waals surface area (Å²) in [6.45, 7) is 0.597. The van der Waals surface area contributed by atoms with Gasteiger partial charge in [0, 0.05) is 25.1 Å². The predicted octanol–water partition coefficient (Wildman–Crippen LogP) is 1.35. The molecule has 0 atom stereocenters. The monoisotopic (exact) mass is 232 g/mol. The molecule has 2 amide bonds. The molecule has 0 radical (unpaired) electrons. The lowest BCUT2D eigenvalue weighted by Crippen LogP contribution is -2.47. The molecule has 17 heavy (non-hydrogen) atoms. The molecule has 0 bridgehead atoms. The second kappa shape index (κ2) is 4.99. The zero-order valence-corrected chi connectivity index (χ0v) is 9.69. The molecule has 0 aromatic heterocycles. The smallest absolute Gasteiger partial charge is 0.230 e. The van der Waals surface area contributed by atoms with E-state index >= 15 is 0 Å². The molecular weight excluding hydrogens is 216 g/mol. The highest BCUT2D eigenvalue weighted by Gasteiger charge is 2.28. The van der Waals surface area contributed by atoms with Crippen molar-refractivity contribution in [1.29, 1.82) is 0 Å². The SMILES string of the molecule is Nc1ccc(CCCC(=O)N2CCC2=O)cc1. The number of carbonyl (C=O) groups excluding carboxylic acids is 2. The van der Waals surface area contributed by atoms with Crippen molar-refractivity contribution in [2.75, 3.05) is 12.3 Å². The van der Waals surface area contributed by atoms with Crippen LogP contribution >= 0.6 is 0 Å². The molecule has 2 N–H and O–H groups in total. The highest BCUT2D eigenvalue weighted by Crippen LogP contribution is 2.13. The van der Waals surface area contributed by atoms with Crippen LogP contribution in [0.25, 0.3) is 0 Å². The fourth-order valence-corrected chi connectivity index (χ4v) is 1.84. The predicted molar refractivity (Wildman–Crippen MR) is 65.1 cm³/mol. The number of benzene rings is 1. The zero-order chi connectivity index (χ0) is 12.3. The molecule has 0 spiro atoms. The van der Waals surface area contributed by atoms with E-state index in [1.807, 2.05) is 24.3 Å². The lowest BCUT2D eigenvalue weighted by Gasteiger charge is -2.28. The van der Waals surface area contributed by atoms with Gasteiger partial charge in [-0.2, -0.15) is 0 Å². The second-order valence-corrected chi connectivity index (χ2v) is 4.28. The van der Waals surface area contributed by atoms with E-state index in [9.17, 15) is 9.59 Å². The van der Waals surface area contributed by atoms with Gasteiger partial charge in [-0.1, -0.05) is 12.1 Å². The first-order valence-electron chi connectivity index (χ1n) is 5.84. The van der Waals surface area contributed by atoms with Crippen LogP contribution in [0.15, 0.2) is 24.3 Å². The van der Waals surface area contributed by atoms with E-state index in [-0.39, 0.29) is 11.8 Å². The van der Waals surface area contributed by atoms with E-state index in [4.69, 9.17) is 5.73 Å².